The predicted octanol–water partition coefficient (Wildman–Crippen LogP) is 2.81. The topological polar surface area (TPSA) is 66.0 Å². The van der Waals surface area contributed by atoms with Gasteiger partial charge in [0.1, 0.15) is 12.4 Å². The summed E-state index contributed by atoms with van der Waals surface area (Å²) in [5, 5.41) is 10.0. The van der Waals surface area contributed by atoms with Crippen LogP contribution in [-0.4, -0.2) is 38.7 Å². The first-order valence-corrected chi connectivity index (χ1v) is 9.78. The van der Waals surface area contributed by atoms with E-state index in [-0.39, 0.29) is 12.5 Å². The van der Waals surface area contributed by atoms with Crippen LogP contribution in [0.4, 0.5) is 0 Å². The van der Waals surface area contributed by atoms with E-state index in [4.69, 9.17) is 12.2 Å². The van der Waals surface area contributed by atoms with Gasteiger partial charge in [-0.05, 0) is 55.7 Å². The van der Waals surface area contributed by atoms with E-state index in [0.717, 1.165) is 25.2 Å². The minimum Gasteiger partial charge on any atom is -0.350 e. The summed E-state index contributed by atoms with van der Waals surface area (Å²) in [4.78, 5) is 14.9. The van der Waals surface area contributed by atoms with Gasteiger partial charge in [0.05, 0.1) is 0 Å². The van der Waals surface area contributed by atoms with Crippen molar-refractivity contribution in [3.63, 3.8) is 0 Å². The zero-order chi connectivity index (χ0) is 18.4. The lowest BCUT2D eigenvalue weighted by Gasteiger charge is -2.18. The number of amides is 1. The van der Waals surface area contributed by atoms with Crippen LogP contribution in [0.25, 0.3) is 0 Å². The molecule has 0 radical (unpaired) electrons. The lowest BCUT2D eigenvalue weighted by molar-refractivity contribution is -0.121. The molecule has 1 aliphatic heterocycles. The zero-order valence-electron chi connectivity index (χ0n) is 15.3. The molecule has 26 heavy (non-hydrogen) atoms. The molecule has 0 atom stereocenters. The van der Waals surface area contributed by atoms with Gasteiger partial charge < -0.3 is 5.32 Å². The molecule has 0 bridgehead atoms. The van der Waals surface area contributed by atoms with Crippen molar-refractivity contribution in [2.75, 3.05) is 13.1 Å². The molecule has 1 aromatic heterocycles. The number of aromatic amines is 1. The standard InChI is InChI=1S/C19H27N5OS/c1-2-7-17-21-22-19(26)24(17)14-18(25)20-12-15-8-3-4-9-16(15)13-23-10-5-6-11-23/h3-4,8-9H,2,5-7,10-14H2,1H3,(H,20,25)(H,22,26). The third-order valence-corrected chi connectivity index (χ3v) is 5.11. The Hall–Kier alpha value is -1.99. The first-order chi connectivity index (χ1) is 12.7. The summed E-state index contributed by atoms with van der Waals surface area (Å²) in [6.45, 7) is 6.12. The van der Waals surface area contributed by atoms with E-state index < -0.39 is 0 Å². The minimum absolute atomic E-state index is 0.0455. The van der Waals surface area contributed by atoms with Crippen molar-refractivity contribution in [2.45, 2.75) is 52.2 Å². The summed E-state index contributed by atoms with van der Waals surface area (Å²) in [6.07, 6.45) is 4.33. The molecule has 0 aliphatic carbocycles. The highest BCUT2D eigenvalue weighted by molar-refractivity contribution is 7.71. The van der Waals surface area contributed by atoms with E-state index in [1.54, 1.807) is 4.57 Å². The van der Waals surface area contributed by atoms with Gasteiger partial charge in [0.2, 0.25) is 5.91 Å². The molecular formula is C19H27N5OS. The molecule has 7 heteroatoms. The van der Waals surface area contributed by atoms with Crippen molar-refractivity contribution < 1.29 is 4.79 Å². The fourth-order valence-electron chi connectivity index (χ4n) is 3.39. The SMILES string of the molecule is CCCc1n[nH]c(=S)n1CC(=O)NCc1ccccc1CN1CCCC1. The molecule has 1 fully saturated rings. The van der Waals surface area contributed by atoms with Gasteiger partial charge in [-0.2, -0.15) is 5.10 Å². The molecule has 3 rings (SSSR count). The first kappa shape index (κ1) is 18.8. The van der Waals surface area contributed by atoms with Crippen molar-refractivity contribution >= 4 is 18.1 Å². The molecule has 6 nitrogen and oxygen atoms in total. The highest BCUT2D eigenvalue weighted by Gasteiger charge is 2.14. The van der Waals surface area contributed by atoms with E-state index in [2.05, 4.69) is 45.5 Å². The summed E-state index contributed by atoms with van der Waals surface area (Å²) in [5.41, 5.74) is 2.47. The van der Waals surface area contributed by atoms with Gasteiger partial charge in [-0.15, -0.1) is 0 Å². The van der Waals surface area contributed by atoms with E-state index in [1.807, 2.05) is 6.07 Å². The molecule has 2 heterocycles. The Morgan fingerprint density at radius 2 is 2.00 bits per heavy atom. The lowest BCUT2D eigenvalue weighted by Crippen LogP contribution is -2.29. The van der Waals surface area contributed by atoms with Crippen LogP contribution in [-0.2, 0) is 30.8 Å². The zero-order valence-corrected chi connectivity index (χ0v) is 16.1. The molecule has 0 saturated carbocycles. The Kier molecular flexibility index (Phi) is 6.57. The third kappa shape index (κ3) is 4.80. The largest absolute Gasteiger partial charge is 0.350 e. The second-order valence-electron chi connectivity index (χ2n) is 6.81. The molecule has 140 valence electrons. The van der Waals surface area contributed by atoms with Crippen molar-refractivity contribution in [3.8, 4) is 0 Å². The van der Waals surface area contributed by atoms with Gasteiger partial charge in [-0.3, -0.25) is 19.4 Å². The Balaban J connectivity index is 1.59. The summed E-state index contributed by atoms with van der Waals surface area (Å²) >= 11 is 5.24. The average Bonchev–Trinajstić information content (AvgIpc) is 3.26. The molecule has 2 N–H and O–H groups in total. The number of hydrogen-bond acceptors (Lipinski definition) is 4. The van der Waals surface area contributed by atoms with Crippen molar-refractivity contribution in [1.29, 1.82) is 0 Å². The molecule has 0 spiro atoms. The van der Waals surface area contributed by atoms with E-state index >= 15 is 0 Å². The molecule has 1 aromatic carbocycles. The normalized spacial score (nSPS) is 14.7. The van der Waals surface area contributed by atoms with E-state index in [9.17, 15) is 4.79 Å². The Labute approximate surface area is 159 Å². The molecule has 1 aliphatic rings. The van der Waals surface area contributed by atoms with Gasteiger partial charge in [0, 0.05) is 19.5 Å². The summed E-state index contributed by atoms with van der Waals surface area (Å²) < 4.78 is 2.28. The monoisotopic (exact) mass is 373 g/mol. The fraction of sp³-hybridized carbons (Fsp3) is 0.526. The number of hydrogen-bond donors (Lipinski definition) is 2. The van der Waals surface area contributed by atoms with Gasteiger partial charge >= 0.3 is 0 Å². The van der Waals surface area contributed by atoms with E-state index in [0.29, 0.717) is 11.3 Å². The lowest BCUT2D eigenvalue weighted by atomic mass is 10.1. The quantitative estimate of drug-likeness (QED) is 0.699. The fourth-order valence-corrected chi connectivity index (χ4v) is 3.60. The Bertz CT molecular complexity index is 791. The highest BCUT2D eigenvalue weighted by atomic mass is 32.1. The smallest absolute Gasteiger partial charge is 0.240 e. The maximum Gasteiger partial charge on any atom is 0.240 e. The van der Waals surface area contributed by atoms with Crippen LogP contribution < -0.4 is 5.32 Å². The summed E-state index contributed by atoms with van der Waals surface area (Å²) in [5.74, 6) is 0.790. The first-order valence-electron chi connectivity index (χ1n) is 9.37. The van der Waals surface area contributed by atoms with Gasteiger partial charge in [0.15, 0.2) is 4.77 Å². The van der Waals surface area contributed by atoms with Crippen molar-refractivity contribution in [2.24, 2.45) is 0 Å². The average molecular weight is 374 g/mol. The number of nitrogens with zero attached hydrogens (tertiary/aromatic N) is 3. The molecular weight excluding hydrogens is 346 g/mol. The highest BCUT2D eigenvalue weighted by Crippen LogP contribution is 2.16. The number of carbonyl (C=O) groups is 1. The number of carbonyl (C=O) groups excluding carboxylic acids is 1. The second kappa shape index (κ2) is 9.09. The third-order valence-electron chi connectivity index (χ3n) is 4.80. The van der Waals surface area contributed by atoms with Crippen LogP contribution in [0.1, 0.15) is 43.1 Å². The second-order valence-corrected chi connectivity index (χ2v) is 7.20. The van der Waals surface area contributed by atoms with Crippen molar-refractivity contribution in [1.82, 2.24) is 25.0 Å². The molecule has 1 amide bonds. The van der Waals surface area contributed by atoms with Crippen LogP contribution in [0.3, 0.4) is 0 Å². The van der Waals surface area contributed by atoms with Crippen LogP contribution >= 0.6 is 12.2 Å². The maximum absolute atomic E-state index is 12.4. The maximum atomic E-state index is 12.4. The number of benzene rings is 1. The number of aryl methyl sites for hydroxylation is 1. The van der Waals surface area contributed by atoms with E-state index in [1.165, 1.54) is 37.1 Å². The number of likely N-dealkylation sites (tertiary alicyclic amines) is 1. The van der Waals surface area contributed by atoms with Gasteiger partial charge in [0.25, 0.3) is 0 Å². The minimum atomic E-state index is -0.0455. The van der Waals surface area contributed by atoms with Crippen LogP contribution in [0, 0.1) is 4.77 Å². The van der Waals surface area contributed by atoms with Crippen LogP contribution in [0.2, 0.25) is 0 Å². The Morgan fingerprint density at radius 3 is 2.73 bits per heavy atom. The molecule has 1 saturated heterocycles. The molecule has 0 unspecified atom stereocenters. The number of aromatic nitrogens is 3. The van der Waals surface area contributed by atoms with Crippen LogP contribution in [0.5, 0.6) is 0 Å². The summed E-state index contributed by atoms with van der Waals surface area (Å²) in [7, 11) is 0. The van der Waals surface area contributed by atoms with Gasteiger partial charge in [-0.1, -0.05) is 31.2 Å². The Morgan fingerprint density at radius 1 is 1.27 bits per heavy atom. The number of nitrogens with one attached hydrogen (secondary N) is 2. The van der Waals surface area contributed by atoms with Crippen LogP contribution in [0.15, 0.2) is 24.3 Å². The number of rotatable bonds is 8. The summed E-state index contributed by atoms with van der Waals surface area (Å²) in [6, 6.07) is 8.35. The molecule has 2 aromatic rings. The van der Waals surface area contributed by atoms with Crippen molar-refractivity contribution in [3.05, 3.63) is 46.0 Å². The van der Waals surface area contributed by atoms with Gasteiger partial charge in [-0.25, -0.2) is 0 Å². The predicted molar refractivity (Wildman–Crippen MR) is 104 cm³/mol. The number of H-pyrrole nitrogens is 1.